The van der Waals surface area contributed by atoms with Crippen LogP contribution < -0.4 is 5.32 Å². The summed E-state index contributed by atoms with van der Waals surface area (Å²) in [6.45, 7) is 0. The molecule has 0 unspecified atom stereocenters. The molecule has 2 heterocycles. The molecule has 26 heavy (non-hydrogen) atoms. The minimum absolute atomic E-state index is 0.230. The number of anilines is 2. The average Bonchev–Trinajstić information content (AvgIpc) is 3.09. The first-order chi connectivity index (χ1) is 12.5. The lowest BCUT2D eigenvalue weighted by atomic mass is 10.1. The van der Waals surface area contributed by atoms with Crippen LogP contribution in [0.25, 0.3) is 22.2 Å². The summed E-state index contributed by atoms with van der Waals surface area (Å²) in [7, 11) is 0. The van der Waals surface area contributed by atoms with Crippen LogP contribution in [0.1, 0.15) is 5.56 Å². The van der Waals surface area contributed by atoms with Crippen molar-refractivity contribution in [3.8, 4) is 11.3 Å². The van der Waals surface area contributed by atoms with Gasteiger partial charge in [-0.15, -0.1) is 0 Å². The third-order valence-electron chi connectivity index (χ3n) is 3.95. The smallest absolute Gasteiger partial charge is 0.361 e. The lowest BCUT2D eigenvalue weighted by Gasteiger charge is -2.10. The molecule has 4 nitrogen and oxygen atoms in total. The molecule has 0 amide bonds. The van der Waals surface area contributed by atoms with E-state index in [1.54, 1.807) is 12.3 Å². The number of alkyl halides is 3. The first-order valence-electron chi connectivity index (χ1n) is 7.84. The number of hydrogen-bond acceptors (Lipinski definition) is 3. The van der Waals surface area contributed by atoms with Crippen molar-refractivity contribution in [1.29, 1.82) is 0 Å². The van der Waals surface area contributed by atoms with Gasteiger partial charge in [0.25, 0.3) is 0 Å². The number of nitrogens with zero attached hydrogens (tertiary/aromatic N) is 2. The van der Waals surface area contributed by atoms with Gasteiger partial charge in [-0.1, -0.05) is 18.2 Å². The quantitative estimate of drug-likeness (QED) is 0.519. The van der Waals surface area contributed by atoms with Crippen molar-refractivity contribution < 1.29 is 13.2 Å². The van der Waals surface area contributed by atoms with Crippen LogP contribution in [-0.4, -0.2) is 15.0 Å². The van der Waals surface area contributed by atoms with Crippen LogP contribution in [0.15, 0.2) is 67.0 Å². The van der Waals surface area contributed by atoms with Crippen LogP contribution in [0.5, 0.6) is 0 Å². The third-order valence-corrected chi connectivity index (χ3v) is 3.95. The summed E-state index contributed by atoms with van der Waals surface area (Å²) in [6, 6.07) is 14.5. The molecule has 0 fully saturated rings. The van der Waals surface area contributed by atoms with Gasteiger partial charge in [-0.05, 0) is 41.8 Å². The molecule has 0 aliphatic rings. The molecular weight excluding hydrogens is 341 g/mol. The Morgan fingerprint density at radius 1 is 0.962 bits per heavy atom. The van der Waals surface area contributed by atoms with E-state index in [4.69, 9.17) is 0 Å². The molecule has 0 spiro atoms. The topological polar surface area (TPSA) is 53.6 Å². The first kappa shape index (κ1) is 16.1. The number of nitrogens with one attached hydrogen (secondary N) is 2. The Kier molecular flexibility index (Phi) is 3.84. The van der Waals surface area contributed by atoms with Crippen LogP contribution in [0.3, 0.4) is 0 Å². The molecule has 7 heteroatoms. The molecule has 0 aliphatic heterocycles. The van der Waals surface area contributed by atoms with E-state index in [2.05, 4.69) is 20.3 Å². The Hall–Kier alpha value is -3.35. The fourth-order valence-corrected chi connectivity index (χ4v) is 2.69. The number of fused-ring (bicyclic) bond motifs is 1. The van der Waals surface area contributed by atoms with Crippen molar-refractivity contribution in [3.05, 3.63) is 72.6 Å². The van der Waals surface area contributed by atoms with Crippen LogP contribution in [0.4, 0.5) is 24.8 Å². The predicted octanol–water partition coefficient (Wildman–Crippen LogP) is 5.39. The summed E-state index contributed by atoms with van der Waals surface area (Å²) in [5.74, 6) is 0.230. The number of aromatic amines is 1. The highest BCUT2D eigenvalue weighted by Crippen LogP contribution is 2.31. The molecule has 2 aromatic heterocycles. The van der Waals surface area contributed by atoms with Gasteiger partial charge in [-0.25, -0.2) is 9.97 Å². The van der Waals surface area contributed by atoms with Gasteiger partial charge in [0.2, 0.25) is 5.95 Å². The van der Waals surface area contributed by atoms with Gasteiger partial charge in [-0.2, -0.15) is 13.2 Å². The summed E-state index contributed by atoms with van der Waals surface area (Å²) >= 11 is 0. The number of rotatable bonds is 3. The Morgan fingerprint density at radius 2 is 1.85 bits per heavy atom. The van der Waals surface area contributed by atoms with Gasteiger partial charge in [-0.3, -0.25) is 0 Å². The van der Waals surface area contributed by atoms with E-state index < -0.39 is 11.7 Å². The minimum Gasteiger partial charge on any atom is -0.361 e. The fraction of sp³-hybridized carbons (Fsp3) is 0.0526. The van der Waals surface area contributed by atoms with Crippen molar-refractivity contribution in [2.75, 3.05) is 5.32 Å². The van der Waals surface area contributed by atoms with Crippen molar-refractivity contribution in [2.45, 2.75) is 6.18 Å². The number of aromatic nitrogens is 3. The summed E-state index contributed by atoms with van der Waals surface area (Å²) in [6.07, 6.45) is -0.974. The van der Waals surface area contributed by atoms with Gasteiger partial charge in [0.1, 0.15) is 0 Å². The maximum Gasteiger partial charge on any atom is 0.416 e. The van der Waals surface area contributed by atoms with Gasteiger partial charge in [0.15, 0.2) is 0 Å². The summed E-state index contributed by atoms with van der Waals surface area (Å²) < 4.78 is 38.5. The summed E-state index contributed by atoms with van der Waals surface area (Å²) in [5.41, 5.74) is 2.08. The highest BCUT2D eigenvalue weighted by Gasteiger charge is 2.30. The SMILES string of the molecule is FC(F)(F)c1cccc(Nc2nccc(-c3ccc4cc[nH]c4c3)n2)c1. The molecule has 0 radical (unpaired) electrons. The number of halogens is 3. The van der Waals surface area contributed by atoms with Crippen LogP contribution >= 0.6 is 0 Å². The highest BCUT2D eigenvalue weighted by molar-refractivity contribution is 5.84. The standard InChI is InChI=1S/C19H13F3N4/c20-19(21,22)14-2-1-3-15(11-14)25-18-24-9-7-16(26-18)13-5-4-12-6-8-23-17(12)10-13/h1-11,23H,(H,24,25,26). The second-order valence-corrected chi connectivity index (χ2v) is 5.75. The zero-order valence-corrected chi connectivity index (χ0v) is 13.4. The Balaban J connectivity index is 1.64. The molecule has 0 saturated carbocycles. The van der Waals surface area contributed by atoms with Crippen molar-refractivity contribution in [1.82, 2.24) is 15.0 Å². The first-order valence-corrected chi connectivity index (χ1v) is 7.84. The van der Waals surface area contributed by atoms with E-state index in [9.17, 15) is 13.2 Å². The Bertz CT molecular complexity index is 1070. The Labute approximate surface area is 146 Å². The summed E-state index contributed by atoms with van der Waals surface area (Å²) in [5, 5.41) is 3.92. The highest BCUT2D eigenvalue weighted by atomic mass is 19.4. The van der Waals surface area contributed by atoms with E-state index in [-0.39, 0.29) is 11.6 Å². The van der Waals surface area contributed by atoms with Crippen LogP contribution in [-0.2, 0) is 6.18 Å². The van der Waals surface area contributed by atoms with E-state index >= 15 is 0 Å². The van der Waals surface area contributed by atoms with Crippen LogP contribution in [0.2, 0.25) is 0 Å². The van der Waals surface area contributed by atoms with Gasteiger partial charge >= 0.3 is 6.18 Å². The maximum absolute atomic E-state index is 12.8. The second-order valence-electron chi connectivity index (χ2n) is 5.75. The van der Waals surface area contributed by atoms with Crippen LogP contribution in [0, 0.1) is 0 Å². The number of H-pyrrole nitrogens is 1. The fourth-order valence-electron chi connectivity index (χ4n) is 2.69. The maximum atomic E-state index is 12.8. The van der Waals surface area contributed by atoms with E-state index in [0.29, 0.717) is 5.69 Å². The molecule has 0 aliphatic carbocycles. The predicted molar refractivity (Wildman–Crippen MR) is 94.1 cm³/mol. The largest absolute Gasteiger partial charge is 0.416 e. The minimum atomic E-state index is -4.40. The van der Waals surface area contributed by atoms with E-state index in [1.165, 1.54) is 12.1 Å². The average molecular weight is 354 g/mol. The van der Waals surface area contributed by atoms with Gasteiger partial charge < -0.3 is 10.3 Å². The molecule has 0 bridgehead atoms. The third kappa shape index (κ3) is 3.23. The normalized spacial score (nSPS) is 11.7. The van der Waals surface area contributed by atoms with Gasteiger partial charge in [0, 0.05) is 29.2 Å². The van der Waals surface area contributed by atoms with Gasteiger partial charge in [0.05, 0.1) is 11.3 Å². The molecule has 2 aromatic carbocycles. The lowest BCUT2D eigenvalue weighted by Crippen LogP contribution is -2.05. The number of benzene rings is 2. The zero-order valence-electron chi connectivity index (χ0n) is 13.4. The second kappa shape index (κ2) is 6.18. The Morgan fingerprint density at radius 3 is 2.69 bits per heavy atom. The van der Waals surface area contributed by atoms with Crippen molar-refractivity contribution in [3.63, 3.8) is 0 Å². The molecule has 4 aromatic rings. The monoisotopic (exact) mass is 354 g/mol. The molecule has 0 saturated heterocycles. The lowest BCUT2D eigenvalue weighted by molar-refractivity contribution is -0.137. The molecular formula is C19H13F3N4. The molecule has 130 valence electrons. The molecule has 0 atom stereocenters. The van der Waals surface area contributed by atoms with E-state index in [1.807, 2.05) is 30.5 Å². The van der Waals surface area contributed by atoms with Crippen molar-refractivity contribution in [2.24, 2.45) is 0 Å². The molecule has 2 N–H and O–H groups in total. The van der Waals surface area contributed by atoms with E-state index in [0.717, 1.165) is 28.6 Å². The molecule has 4 rings (SSSR count). The number of hydrogen-bond donors (Lipinski definition) is 2. The summed E-state index contributed by atoms with van der Waals surface area (Å²) in [4.78, 5) is 11.6. The zero-order chi connectivity index (χ0) is 18.1. The van der Waals surface area contributed by atoms with Crippen molar-refractivity contribution >= 4 is 22.5 Å².